The minimum absolute atomic E-state index is 0.0551. The summed E-state index contributed by atoms with van der Waals surface area (Å²) in [6.07, 6.45) is 0.568. The highest BCUT2D eigenvalue weighted by molar-refractivity contribution is 8.00. The number of carbonyl (C=O) groups excluding carboxylic acids is 2. The first-order valence-electron chi connectivity index (χ1n) is 6.36. The van der Waals surface area contributed by atoms with Crippen LogP contribution in [0.1, 0.15) is 5.56 Å². The van der Waals surface area contributed by atoms with Crippen LogP contribution in [-0.2, 0) is 30.8 Å². The van der Waals surface area contributed by atoms with Crippen LogP contribution in [0.25, 0.3) is 0 Å². The predicted octanol–water partition coefficient (Wildman–Crippen LogP) is -0.101. The molecular weight excluding hydrogens is 328 g/mol. The molecule has 7 nitrogen and oxygen atoms in total. The number of methoxy groups -OCH3 is 1. The van der Waals surface area contributed by atoms with Gasteiger partial charge in [-0.05, 0) is 24.1 Å². The van der Waals surface area contributed by atoms with Crippen LogP contribution in [0, 0.1) is 0 Å². The number of hydrogen-bond acceptors (Lipinski definition) is 6. The maximum absolute atomic E-state index is 11.5. The summed E-state index contributed by atoms with van der Waals surface area (Å²) >= 11 is 1.18. The lowest BCUT2D eigenvalue weighted by Gasteiger charge is -2.06. The largest absolute Gasteiger partial charge is 0.468 e. The van der Waals surface area contributed by atoms with Crippen LogP contribution in [0.3, 0.4) is 0 Å². The Kier molecular flexibility index (Phi) is 7.36. The molecule has 22 heavy (non-hydrogen) atoms. The van der Waals surface area contributed by atoms with E-state index in [2.05, 4.69) is 10.1 Å². The Morgan fingerprint density at radius 1 is 1.23 bits per heavy atom. The summed E-state index contributed by atoms with van der Waals surface area (Å²) in [7, 11) is -2.39. The molecule has 0 heterocycles. The Labute approximate surface area is 133 Å². The molecule has 0 saturated heterocycles. The zero-order valence-electron chi connectivity index (χ0n) is 12.1. The smallest absolute Gasteiger partial charge is 0.315 e. The number of esters is 1. The van der Waals surface area contributed by atoms with E-state index in [9.17, 15) is 18.0 Å². The molecule has 0 radical (unpaired) electrons. The van der Waals surface area contributed by atoms with Crippen LogP contribution in [0.2, 0.25) is 0 Å². The van der Waals surface area contributed by atoms with Gasteiger partial charge in [0, 0.05) is 6.54 Å². The van der Waals surface area contributed by atoms with Gasteiger partial charge in [-0.1, -0.05) is 12.1 Å². The normalized spacial score (nSPS) is 11.0. The number of sulfonamides is 1. The molecule has 9 heteroatoms. The number of thioether (sulfide) groups is 1. The van der Waals surface area contributed by atoms with Gasteiger partial charge in [0.25, 0.3) is 0 Å². The van der Waals surface area contributed by atoms with Crippen LogP contribution in [0.4, 0.5) is 0 Å². The van der Waals surface area contributed by atoms with E-state index in [1.165, 1.54) is 31.0 Å². The number of primary sulfonamides is 1. The van der Waals surface area contributed by atoms with Gasteiger partial charge >= 0.3 is 5.97 Å². The van der Waals surface area contributed by atoms with Crippen LogP contribution in [-0.4, -0.2) is 45.5 Å². The van der Waals surface area contributed by atoms with Crippen molar-refractivity contribution in [2.75, 3.05) is 25.2 Å². The third-order valence-electron chi connectivity index (χ3n) is 2.67. The first-order chi connectivity index (χ1) is 10.3. The molecule has 1 rings (SSSR count). The molecule has 0 spiro atoms. The van der Waals surface area contributed by atoms with E-state index in [0.717, 1.165) is 5.56 Å². The highest BCUT2D eigenvalue weighted by Gasteiger charge is 2.07. The molecule has 0 aromatic heterocycles. The van der Waals surface area contributed by atoms with Crippen molar-refractivity contribution in [2.24, 2.45) is 5.14 Å². The molecular formula is C13H18N2O5S2. The van der Waals surface area contributed by atoms with Gasteiger partial charge in [-0.15, -0.1) is 11.8 Å². The summed E-state index contributed by atoms with van der Waals surface area (Å²) in [5.41, 5.74) is 0.884. The van der Waals surface area contributed by atoms with E-state index < -0.39 is 10.0 Å². The number of benzene rings is 1. The van der Waals surface area contributed by atoms with E-state index in [1.807, 2.05) is 0 Å². The fraction of sp³-hybridized carbons (Fsp3) is 0.385. The molecule has 122 valence electrons. The third kappa shape index (κ3) is 6.92. The Bertz CT molecular complexity index is 614. The maximum Gasteiger partial charge on any atom is 0.315 e. The summed E-state index contributed by atoms with van der Waals surface area (Å²) in [6, 6.07) is 6.16. The van der Waals surface area contributed by atoms with E-state index in [4.69, 9.17) is 5.14 Å². The van der Waals surface area contributed by atoms with E-state index in [0.29, 0.717) is 13.0 Å². The molecule has 0 bridgehead atoms. The second kappa shape index (κ2) is 8.76. The lowest BCUT2D eigenvalue weighted by molar-refractivity contribution is -0.137. The van der Waals surface area contributed by atoms with Gasteiger partial charge in [0.1, 0.15) is 0 Å². The monoisotopic (exact) mass is 346 g/mol. The topological polar surface area (TPSA) is 116 Å². The zero-order chi connectivity index (χ0) is 16.6. The Morgan fingerprint density at radius 2 is 1.86 bits per heavy atom. The van der Waals surface area contributed by atoms with Gasteiger partial charge in [0.2, 0.25) is 15.9 Å². The van der Waals surface area contributed by atoms with Crippen molar-refractivity contribution in [1.29, 1.82) is 0 Å². The average Bonchev–Trinajstić information content (AvgIpc) is 2.46. The van der Waals surface area contributed by atoms with Crippen molar-refractivity contribution in [3.8, 4) is 0 Å². The Balaban J connectivity index is 2.29. The van der Waals surface area contributed by atoms with Crippen molar-refractivity contribution >= 4 is 33.7 Å². The standard InChI is InChI=1S/C13H18N2O5S2/c1-20-13(17)9-21-8-12(16)15-7-6-10-2-4-11(5-3-10)22(14,18)19/h2-5H,6-9H2,1H3,(H,15,16)(H2,14,18,19). The molecule has 1 aromatic carbocycles. The average molecular weight is 346 g/mol. The van der Waals surface area contributed by atoms with Crippen molar-refractivity contribution in [1.82, 2.24) is 5.32 Å². The predicted molar refractivity (Wildman–Crippen MR) is 83.9 cm³/mol. The number of nitrogens with one attached hydrogen (secondary N) is 1. The summed E-state index contributed by atoms with van der Waals surface area (Å²) in [5, 5.41) is 7.72. The van der Waals surface area contributed by atoms with Gasteiger partial charge in [0.15, 0.2) is 0 Å². The number of rotatable bonds is 8. The number of ether oxygens (including phenoxy) is 1. The van der Waals surface area contributed by atoms with Crippen molar-refractivity contribution in [3.63, 3.8) is 0 Å². The van der Waals surface area contributed by atoms with Gasteiger partial charge in [-0.3, -0.25) is 9.59 Å². The fourth-order valence-corrected chi connectivity index (χ4v) is 2.72. The molecule has 0 aliphatic rings. The van der Waals surface area contributed by atoms with Crippen molar-refractivity contribution < 1.29 is 22.7 Å². The lowest BCUT2D eigenvalue weighted by atomic mass is 10.1. The second-order valence-corrected chi connectivity index (χ2v) is 6.90. The molecule has 1 aromatic rings. The van der Waals surface area contributed by atoms with Crippen LogP contribution < -0.4 is 10.5 Å². The highest BCUT2D eigenvalue weighted by Crippen LogP contribution is 2.09. The first-order valence-corrected chi connectivity index (χ1v) is 9.06. The first kappa shape index (κ1) is 18.5. The van der Waals surface area contributed by atoms with Gasteiger partial charge in [-0.2, -0.15) is 0 Å². The zero-order valence-corrected chi connectivity index (χ0v) is 13.7. The lowest BCUT2D eigenvalue weighted by Crippen LogP contribution is -2.27. The van der Waals surface area contributed by atoms with Gasteiger partial charge in [-0.25, -0.2) is 13.6 Å². The molecule has 0 fully saturated rings. The molecule has 0 aliphatic heterocycles. The molecule has 3 N–H and O–H groups in total. The number of carbonyl (C=O) groups is 2. The quantitative estimate of drug-likeness (QED) is 0.635. The van der Waals surface area contributed by atoms with Crippen LogP contribution in [0.5, 0.6) is 0 Å². The van der Waals surface area contributed by atoms with Crippen LogP contribution >= 0.6 is 11.8 Å². The van der Waals surface area contributed by atoms with E-state index in [-0.39, 0.29) is 28.3 Å². The summed E-state index contributed by atoms with van der Waals surface area (Å²) in [6.45, 7) is 0.423. The minimum atomic E-state index is -3.68. The minimum Gasteiger partial charge on any atom is -0.468 e. The molecule has 0 unspecified atom stereocenters. The SMILES string of the molecule is COC(=O)CSCC(=O)NCCc1ccc(S(N)(=O)=O)cc1. The van der Waals surface area contributed by atoms with E-state index >= 15 is 0 Å². The fourth-order valence-electron chi connectivity index (χ4n) is 1.53. The van der Waals surface area contributed by atoms with Crippen molar-refractivity contribution in [2.45, 2.75) is 11.3 Å². The molecule has 0 aliphatic carbocycles. The number of nitrogens with two attached hydrogens (primary N) is 1. The number of hydrogen-bond donors (Lipinski definition) is 2. The number of amides is 1. The molecule has 1 amide bonds. The third-order valence-corrected chi connectivity index (χ3v) is 4.50. The molecule has 0 atom stereocenters. The summed E-state index contributed by atoms with van der Waals surface area (Å²) < 4.78 is 26.7. The summed E-state index contributed by atoms with van der Waals surface area (Å²) in [5.74, 6) is -0.221. The van der Waals surface area contributed by atoms with E-state index in [1.54, 1.807) is 12.1 Å². The van der Waals surface area contributed by atoms with Crippen molar-refractivity contribution in [3.05, 3.63) is 29.8 Å². The second-order valence-electron chi connectivity index (χ2n) is 4.36. The van der Waals surface area contributed by atoms with Gasteiger partial charge < -0.3 is 10.1 Å². The highest BCUT2D eigenvalue weighted by atomic mass is 32.2. The van der Waals surface area contributed by atoms with Crippen LogP contribution in [0.15, 0.2) is 29.2 Å². The maximum atomic E-state index is 11.5. The Hall–Kier alpha value is -1.58. The Morgan fingerprint density at radius 3 is 2.41 bits per heavy atom. The summed E-state index contributed by atoms with van der Waals surface area (Å²) in [4.78, 5) is 22.4. The molecule has 0 saturated carbocycles. The van der Waals surface area contributed by atoms with Gasteiger partial charge in [0.05, 0.1) is 23.5 Å².